The first-order valence-electron chi connectivity index (χ1n) is 5.90. The highest BCUT2D eigenvalue weighted by molar-refractivity contribution is 9.11. The Morgan fingerprint density at radius 3 is 2.59 bits per heavy atom. The molecule has 94 valence electrons. The van der Waals surface area contributed by atoms with E-state index in [0.29, 0.717) is 12.6 Å². The van der Waals surface area contributed by atoms with Gasteiger partial charge in [-0.3, -0.25) is 0 Å². The zero-order chi connectivity index (χ0) is 12.7. The lowest BCUT2D eigenvalue weighted by Crippen LogP contribution is -2.27. The van der Waals surface area contributed by atoms with Gasteiger partial charge in [0.05, 0.1) is 0 Å². The summed E-state index contributed by atoms with van der Waals surface area (Å²) in [6.07, 6.45) is 1.04. The van der Waals surface area contributed by atoms with Gasteiger partial charge >= 0.3 is 0 Å². The molecular formula is C14H20BrNO. The van der Waals surface area contributed by atoms with Crippen LogP contribution in [0.1, 0.15) is 19.4 Å². The topological polar surface area (TPSA) is 21.3 Å². The predicted octanol–water partition coefficient (Wildman–Crippen LogP) is 3.51. The number of benzene rings is 1. The summed E-state index contributed by atoms with van der Waals surface area (Å²) < 4.78 is 6.36. The quantitative estimate of drug-likeness (QED) is 0.831. The minimum atomic E-state index is 0.507. The lowest BCUT2D eigenvalue weighted by molar-refractivity contribution is 0.361. The van der Waals surface area contributed by atoms with E-state index < -0.39 is 0 Å². The van der Waals surface area contributed by atoms with Crippen molar-refractivity contribution in [1.82, 2.24) is 5.32 Å². The monoisotopic (exact) mass is 297 g/mol. The maximum atomic E-state index is 5.51. The van der Waals surface area contributed by atoms with Crippen LogP contribution in [0.4, 0.5) is 0 Å². The number of hydrogen-bond donors (Lipinski definition) is 1. The number of halogens is 1. The van der Waals surface area contributed by atoms with Crippen molar-refractivity contribution in [3.05, 3.63) is 40.9 Å². The van der Waals surface area contributed by atoms with Gasteiger partial charge in [0.15, 0.2) is 0 Å². The summed E-state index contributed by atoms with van der Waals surface area (Å²) in [6, 6.07) is 8.74. The van der Waals surface area contributed by atoms with E-state index in [1.54, 1.807) is 0 Å². The lowest BCUT2D eigenvalue weighted by atomic mass is 10.1. The van der Waals surface area contributed by atoms with Crippen molar-refractivity contribution in [3.63, 3.8) is 0 Å². The van der Waals surface area contributed by atoms with Crippen LogP contribution in [0.25, 0.3) is 0 Å². The summed E-state index contributed by atoms with van der Waals surface area (Å²) in [7, 11) is 0. The van der Waals surface area contributed by atoms with Crippen LogP contribution in [0.2, 0.25) is 0 Å². The second-order valence-corrected chi connectivity index (χ2v) is 5.23. The molecule has 3 heteroatoms. The molecule has 0 fully saturated rings. The number of ether oxygens (including phenoxy) is 1. The van der Waals surface area contributed by atoms with Crippen LogP contribution in [0.15, 0.2) is 35.3 Å². The third-order valence-electron chi connectivity index (χ3n) is 2.41. The number of nitrogens with one attached hydrogen (secondary N) is 1. The number of hydrogen-bond acceptors (Lipinski definition) is 2. The summed E-state index contributed by atoms with van der Waals surface area (Å²) in [4.78, 5) is 0. The highest BCUT2D eigenvalue weighted by Gasteiger charge is 2.02. The fourth-order valence-corrected chi connectivity index (χ4v) is 1.77. The van der Waals surface area contributed by atoms with Gasteiger partial charge in [0.25, 0.3) is 0 Å². The van der Waals surface area contributed by atoms with Crippen molar-refractivity contribution in [2.45, 2.75) is 26.3 Å². The van der Waals surface area contributed by atoms with Gasteiger partial charge in [-0.2, -0.15) is 0 Å². The van der Waals surface area contributed by atoms with Crippen LogP contribution >= 0.6 is 15.9 Å². The molecule has 0 aliphatic carbocycles. The molecule has 0 bridgehead atoms. The van der Waals surface area contributed by atoms with Gasteiger partial charge < -0.3 is 10.1 Å². The van der Waals surface area contributed by atoms with Crippen LogP contribution in [-0.4, -0.2) is 19.2 Å². The first-order chi connectivity index (χ1) is 8.11. The van der Waals surface area contributed by atoms with Crippen LogP contribution in [0.3, 0.4) is 0 Å². The van der Waals surface area contributed by atoms with Crippen molar-refractivity contribution in [2.24, 2.45) is 0 Å². The molecule has 0 radical (unpaired) electrons. The Labute approximate surface area is 112 Å². The molecule has 0 spiro atoms. The SMILES string of the molecule is C=C(Br)COc1ccc(CC(C)NCC)cc1. The minimum absolute atomic E-state index is 0.507. The van der Waals surface area contributed by atoms with E-state index in [9.17, 15) is 0 Å². The second kappa shape index (κ2) is 7.51. The Kier molecular flexibility index (Phi) is 6.30. The molecular weight excluding hydrogens is 278 g/mol. The summed E-state index contributed by atoms with van der Waals surface area (Å²) in [5, 5.41) is 3.40. The van der Waals surface area contributed by atoms with Crippen LogP contribution in [0, 0.1) is 0 Å². The molecule has 1 atom stereocenters. The molecule has 0 aliphatic heterocycles. The van der Waals surface area contributed by atoms with E-state index in [1.807, 2.05) is 12.1 Å². The Bertz CT molecular complexity index is 348. The Morgan fingerprint density at radius 2 is 2.06 bits per heavy atom. The van der Waals surface area contributed by atoms with Gasteiger partial charge in [-0.15, -0.1) is 0 Å². The predicted molar refractivity (Wildman–Crippen MR) is 76.8 cm³/mol. The van der Waals surface area contributed by atoms with Crippen molar-refractivity contribution in [3.8, 4) is 5.75 Å². The largest absolute Gasteiger partial charge is 0.488 e. The van der Waals surface area contributed by atoms with Gasteiger partial charge in [-0.1, -0.05) is 41.6 Å². The molecule has 1 rings (SSSR count). The first-order valence-corrected chi connectivity index (χ1v) is 6.69. The summed E-state index contributed by atoms with van der Waals surface area (Å²) in [6.45, 7) is 9.57. The fourth-order valence-electron chi connectivity index (χ4n) is 1.66. The molecule has 1 unspecified atom stereocenters. The number of likely N-dealkylation sites (N-methyl/N-ethyl adjacent to an activating group) is 1. The molecule has 0 aromatic heterocycles. The standard InChI is InChI=1S/C14H20BrNO/c1-4-16-12(3)9-13-5-7-14(8-6-13)17-10-11(2)15/h5-8,12,16H,2,4,9-10H2,1,3H3. The Balaban J connectivity index is 2.47. The molecule has 1 N–H and O–H groups in total. The number of rotatable bonds is 7. The van der Waals surface area contributed by atoms with Crippen molar-refractivity contribution in [1.29, 1.82) is 0 Å². The molecule has 1 aromatic carbocycles. The second-order valence-electron chi connectivity index (χ2n) is 4.11. The average Bonchev–Trinajstić information content (AvgIpc) is 2.28. The molecule has 0 saturated heterocycles. The summed E-state index contributed by atoms with van der Waals surface area (Å²) in [5.74, 6) is 0.880. The van der Waals surface area contributed by atoms with Crippen molar-refractivity contribution >= 4 is 15.9 Å². The molecule has 0 aliphatic rings. The van der Waals surface area contributed by atoms with Crippen LogP contribution in [-0.2, 0) is 6.42 Å². The highest BCUT2D eigenvalue weighted by Crippen LogP contribution is 2.15. The van der Waals surface area contributed by atoms with Crippen LogP contribution < -0.4 is 10.1 Å². The average molecular weight is 298 g/mol. The Hall–Kier alpha value is -0.800. The van der Waals surface area contributed by atoms with E-state index in [2.05, 4.69) is 53.8 Å². The maximum absolute atomic E-state index is 5.51. The Morgan fingerprint density at radius 1 is 1.41 bits per heavy atom. The van der Waals surface area contributed by atoms with E-state index in [-0.39, 0.29) is 0 Å². The molecule has 1 aromatic rings. The molecule has 0 saturated carbocycles. The highest BCUT2D eigenvalue weighted by atomic mass is 79.9. The van der Waals surface area contributed by atoms with Gasteiger partial charge in [0.1, 0.15) is 12.4 Å². The zero-order valence-electron chi connectivity index (χ0n) is 10.5. The van der Waals surface area contributed by atoms with E-state index in [4.69, 9.17) is 4.74 Å². The molecule has 17 heavy (non-hydrogen) atoms. The molecule has 2 nitrogen and oxygen atoms in total. The van der Waals surface area contributed by atoms with Gasteiger partial charge in [0, 0.05) is 10.5 Å². The first kappa shape index (κ1) is 14.3. The lowest BCUT2D eigenvalue weighted by Gasteiger charge is -2.12. The smallest absolute Gasteiger partial charge is 0.119 e. The molecule has 0 heterocycles. The third kappa shape index (κ3) is 5.89. The van der Waals surface area contributed by atoms with E-state index >= 15 is 0 Å². The van der Waals surface area contributed by atoms with E-state index in [0.717, 1.165) is 23.2 Å². The van der Waals surface area contributed by atoms with Gasteiger partial charge in [-0.05, 0) is 37.6 Å². The fraction of sp³-hybridized carbons (Fsp3) is 0.429. The third-order valence-corrected chi connectivity index (χ3v) is 2.64. The summed E-state index contributed by atoms with van der Waals surface area (Å²) in [5.41, 5.74) is 1.32. The van der Waals surface area contributed by atoms with E-state index in [1.165, 1.54) is 5.56 Å². The van der Waals surface area contributed by atoms with Gasteiger partial charge in [0.2, 0.25) is 0 Å². The van der Waals surface area contributed by atoms with Crippen molar-refractivity contribution in [2.75, 3.05) is 13.2 Å². The maximum Gasteiger partial charge on any atom is 0.119 e. The van der Waals surface area contributed by atoms with Crippen molar-refractivity contribution < 1.29 is 4.74 Å². The van der Waals surface area contributed by atoms with Gasteiger partial charge in [-0.25, -0.2) is 0 Å². The molecule has 0 amide bonds. The van der Waals surface area contributed by atoms with Crippen LogP contribution in [0.5, 0.6) is 5.75 Å². The zero-order valence-corrected chi connectivity index (χ0v) is 12.1. The summed E-state index contributed by atoms with van der Waals surface area (Å²) >= 11 is 3.27. The normalized spacial score (nSPS) is 12.2. The minimum Gasteiger partial charge on any atom is -0.488 e.